The largest absolute Gasteiger partial charge is 0.346 e. The smallest absolute Gasteiger partial charge is 0.262 e. The van der Waals surface area contributed by atoms with Gasteiger partial charge in [0.15, 0.2) is 0 Å². The second-order valence-electron chi connectivity index (χ2n) is 7.48. The monoisotopic (exact) mass is 468 g/mol. The van der Waals surface area contributed by atoms with E-state index < -0.39 is 10.0 Å². The number of sulfonamides is 1. The molecule has 9 heteroatoms. The van der Waals surface area contributed by atoms with E-state index in [9.17, 15) is 13.2 Å². The molecule has 4 aromatic rings. The third-order valence-corrected chi connectivity index (χ3v) is 6.67. The van der Waals surface area contributed by atoms with Crippen LogP contribution in [0.2, 0.25) is 5.02 Å². The van der Waals surface area contributed by atoms with Crippen molar-refractivity contribution in [2.75, 3.05) is 4.72 Å². The number of amides is 1. The first kappa shape index (κ1) is 21.9. The maximum absolute atomic E-state index is 12.7. The number of carbonyl (C=O) groups is 1. The molecule has 0 atom stereocenters. The number of fused-ring (bicyclic) bond motifs is 1. The number of benzene rings is 2. The molecule has 0 saturated carbocycles. The van der Waals surface area contributed by atoms with Crippen LogP contribution in [-0.4, -0.2) is 23.7 Å². The summed E-state index contributed by atoms with van der Waals surface area (Å²) in [5, 5.41) is 3.41. The van der Waals surface area contributed by atoms with Crippen LogP contribution >= 0.6 is 11.6 Å². The summed E-state index contributed by atoms with van der Waals surface area (Å²) < 4.78 is 29.8. The normalized spacial score (nSPS) is 11.5. The van der Waals surface area contributed by atoms with E-state index in [1.54, 1.807) is 72.2 Å². The average molecular weight is 469 g/mol. The lowest BCUT2D eigenvalue weighted by atomic mass is 10.2. The van der Waals surface area contributed by atoms with Crippen molar-refractivity contribution in [3.63, 3.8) is 0 Å². The molecule has 1 amide bonds. The molecule has 0 aliphatic carbocycles. The number of aryl methyl sites for hydroxylation is 2. The summed E-state index contributed by atoms with van der Waals surface area (Å²) in [6.45, 7) is 3.84. The lowest BCUT2D eigenvalue weighted by molar-refractivity contribution is 0.0950. The fourth-order valence-corrected chi connectivity index (χ4v) is 4.83. The van der Waals surface area contributed by atoms with E-state index in [1.807, 2.05) is 13.0 Å². The lowest BCUT2D eigenvalue weighted by Gasteiger charge is -2.11. The second kappa shape index (κ2) is 8.64. The number of nitrogens with zero attached hydrogens (tertiary/aromatic N) is 2. The minimum atomic E-state index is -3.73. The van der Waals surface area contributed by atoms with Gasteiger partial charge in [-0.25, -0.2) is 13.4 Å². The fraction of sp³-hybridized carbons (Fsp3) is 0.130. The van der Waals surface area contributed by atoms with E-state index in [0.717, 1.165) is 11.2 Å². The number of rotatable bonds is 6. The second-order valence-corrected chi connectivity index (χ2v) is 9.57. The van der Waals surface area contributed by atoms with Crippen LogP contribution in [0.25, 0.3) is 5.65 Å². The lowest BCUT2D eigenvalue weighted by Crippen LogP contribution is -2.23. The van der Waals surface area contributed by atoms with E-state index in [4.69, 9.17) is 11.6 Å². The van der Waals surface area contributed by atoms with Crippen molar-refractivity contribution >= 4 is 38.9 Å². The van der Waals surface area contributed by atoms with Crippen LogP contribution in [0.15, 0.2) is 71.9 Å². The van der Waals surface area contributed by atoms with Crippen molar-refractivity contribution in [3.05, 3.63) is 94.4 Å². The molecule has 0 aliphatic rings. The predicted molar refractivity (Wildman–Crippen MR) is 125 cm³/mol. The van der Waals surface area contributed by atoms with E-state index in [2.05, 4.69) is 15.0 Å². The molecule has 0 bridgehead atoms. The van der Waals surface area contributed by atoms with Crippen LogP contribution in [0.3, 0.4) is 0 Å². The van der Waals surface area contributed by atoms with Gasteiger partial charge in [0.05, 0.1) is 22.2 Å². The van der Waals surface area contributed by atoms with Gasteiger partial charge in [0.2, 0.25) is 0 Å². The Labute approximate surface area is 191 Å². The molecule has 0 unspecified atom stereocenters. The van der Waals surface area contributed by atoms with Gasteiger partial charge in [0.1, 0.15) is 5.65 Å². The van der Waals surface area contributed by atoms with Crippen molar-refractivity contribution in [2.45, 2.75) is 25.3 Å². The molecule has 32 heavy (non-hydrogen) atoms. The Morgan fingerprint density at radius 2 is 1.78 bits per heavy atom. The van der Waals surface area contributed by atoms with Gasteiger partial charge < -0.3 is 9.72 Å². The van der Waals surface area contributed by atoms with Gasteiger partial charge in [0.25, 0.3) is 15.9 Å². The van der Waals surface area contributed by atoms with Crippen molar-refractivity contribution < 1.29 is 13.2 Å². The molecule has 164 valence electrons. The summed E-state index contributed by atoms with van der Waals surface area (Å²) in [7, 11) is -3.73. The zero-order valence-electron chi connectivity index (χ0n) is 17.5. The number of aromatic nitrogens is 2. The van der Waals surface area contributed by atoms with Crippen molar-refractivity contribution in [3.8, 4) is 0 Å². The molecule has 0 fully saturated rings. The Kier molecular flexibility index (Phi) is 5.90. The number of hydrogen-bond acceptors (Lipinski definition) is 4. The molecule has 2 aromatic carbocycles. The number of carbonyl (C=O) groups excluding carboxylic acids is 1. The molecule has 7 nitrogen and oxygen atoms in total. The predicted octanol–water partition coefficient (Wildman–Crippen LogP) is 4.34. The van der Waals surface area contributed by atoms with Crippen LogP contribution in [0.4, 0.5) is 5.69 Å². The number of nitrogens with one attached hydrogen (secondary N) is 2. The zero-order valence-corrected chi connectivity index (χ0v) is 19.0. The number of imidazole rings is 1. The molecule has 2 aromatic heterocycles. The number of anilines is 1. The fourth-order valence-electron chi connectivity index (χ4n) is 3.27. The van der Waals surface area contributed by atoms with Gasteiger partial charge in [-0.3, -0.25) is 9.52 Å². The molecule has 2 N–H and O–H groups in total. The summed E-state index contributed by atoms with van der Waals surface area (Å²) >= 11 is 5.98. The third kappa shape index (κ3) is 4.76. The maximum Gasteiger partial charge on any atom is 0.262 e. The summed E-state index contributed by atoms with van der Waals surface area (Å²) in [4.78, 5) is 17.1. The Morgan fingerprint density at radius 3 is 2.53 bits per heavy atom. The molecule has 0 aliphatic heterocycles. The highest BCUT2D eigenvalue weighted by molar-refractivity contribution is 7.92. The standard InChI is InChI=1S/C23H21ClN4O3S/c1-15-3-4-16(2)21(11-15)32(30,31)27-19-8-5-17(6-9-19)23(29)25-12-20-14-28-13-18(24)7-10-22(28)26-20/h3-11,13-14,27H,12H2,1-2H3,(H,25,29). The quantitative estimate of drug-likeness (QED) is 0.440. The SMILES string of the molecule is Cc1ccc(C)c(S(=O)(=O)Nc2ccc(C(=O)NCc3cn4cc(Cl)ccc4n3)cc2)c1. The minimum Gasteiger partial charge on any atom is -0.346 e. The highest BCUT2D eigenvalue weighted by atomic mass is 35.5. The number of halogens is 1. The molecular weight excluding hydrogens is 448 g/mol. The van der Waals surface area contributed by atoms with Crippen molar-refractivity contribution in [2.24, 2.45) is 0 Å². The summed E-state index contributed by atoms with van der Waals surface area (Å²) in [5.41, 5.74) is 3.73. The first-order valence-corrected chi connectivity index (χ1v) is 11.7. The highest BCUT2D eigenvalue weighted by Crippen LogP contribution is 2.21. The van der Waals surface area contributed by atoms with Crippen LogP contribution in [-0.2, 0) is 16.6 Å². The van der Waals surface area contributed by atoms with Crippen LogP contribution in [0.5, 0.6) is 0 Å². The Morgan fingerprint density at radius 1 is 1.03 bits per heavy atom. The van der Waals surface area contributed by atoms with E-state index in [1.165, 1.54) is 0 Å². The number of hydrogen-bond donors (Lipinski definition) is 2. The minimum absolute atomic E-state index is 0.230. The van der Waals surface area contributed by atoms with Gasteiger partial charge in [-0.05, 0) is 67.4 Å². The van der Waals surface area contributed by atoms with E-state index >= 15 is 0 Å². The van der Waals surface area contributed by atoms with Crippen LogP contribution in [0.1, 0.15) is 27.2 Å². The Bertz CT molecular complexity index is 1410. The molecule has 0 radical (unpaired) electrons. The van der Waals surface area contributed by atoms with Gasteiger partial charge in [-0.1, -0.05) is 23.7 Å². The van der Waals surface area contributed by atoms with Gasteiger partial charge in [-0.15, -0.1) is 0 Å². The zero-order chi connectivity index (χ0) is 22.9. The Hall–Kier alpha value is -3.36. The van der Waals surface area contributed by atoms with Gasteiger partial charge in [-0.2, -0.15) is 0 Å². The molecule has 0 spiro atoms. The van der Waals surface area contributed by atoms with Crippen molar-refractivity contribution in [1.82, 2.24) is 14.7 Å². The van der Waals surface area contributed by atoms with Crippen LogP contribution < -0.4 is 10.0 Å². The summed E-state index contributed by atoms with van der Waals surface area (Å²) in [6.07, 6.45) is 3.54. The van der Waals surface area contributed by atoms with Crippen molar-refractivity contribution in [1.29, 1.82) is 0 Å². The first-order chi connectivity index (χ1) is 15.2. The highest BCUT2D eigenvalue weighted by Gasteiger charge is 2.17. The topological polar surface area (TPSA) is 92.6 Å². The molecule has 2 heterocycles. The van der Waals surface area contributed by atoms with E-state index in [0.29, 0.717) is 27.5 Å². The van der Waals surface area contributed by atoms with Gasteiger partial charge >= 0.3 is 0 Å². The number of pyridine rings is 1. The molecule has 0 saturated heterocycles. The maximum atomic E-state index is 12.7. The Balaban J connectivity index is 1.42. The van der Waals surface area contributed by atoms with E-state index in [-0.39, 0.29) is 17.3 Å². The first-order valence-electron chi connectivity index (χ1n) is 9.83. The third-order valence-electron chi connectivity index (χ3n) is 4.93. The summed E-state index contributed by atoms with van der Waals surface area (Å²) in [5.74, 6) is -0.288. The molecule has 4 rings (SSSR count). The van der Waals surface area contributed by atoms with Crippen LogP contribution in [0, 0.1) is 13.8 Å². The van der Waals surface area contributed by atoms with Gasteiger partial charge in [0, 0.05) is 23.6 Å². The average Bonchev–Trinajstić information content (AvgIpc) is 3.16. The summed E-state index contributed by atoms with van der Waals surface area (Å²) in [6, 6.07) is 15.1. The molecular formula is C23H21ClN4O3S.